The van der Waals surface area contributed by atoms with Crippen molar-refractivity contribution in [3.05, 3.63) is 45.9 Å². The molecule has 3 aromatic rings. The number of hydrogen-bond donors (Lipinski definition) is 2. The van der Waals surface area contributed by atoms with Crippen molar-refractivity contribution in [2.75, 3.05) is 13.2 Å². The van der Waals surface area contributed by atoms with Gasteiger partial charge in [0.05, 0.1) is 16.8 Å². The van der Waals surface area contributed by atoms with Crippen molar-refractivity contribution in [3.8, 4) is 16.9 Å². The van der Waals surface area contributed by atoms with E-state index in [2.05, 4.69) is 10.3 Å². The minimum Gasteiger partial charge on any atom is -0.491 e. The number of nitrogens with zero attached hydrogens (tertiary/aromatic N) is 1. The zero-order valence-electron chi connectivity index (χ0n) is 14.6. The molecule has 1 unspecified atom stereocenters. The Hall–Kier alpha value is -1.66. The van der Waals surface area contributed by atoms with E-state index in [4.69, 9.17) is 16.3 Å². The summed E-state index contributed by atoms with van der Waals surface area (Å²) in [6.07, 6.45) is 4.14. The Labute approximate surface area is 161 Å². The largest absolute Gasteiger partial charge is 0.491 e. The minimum atomic E-state index is 0.0196. The quantitative estimate of drug-likeness (QED) is 0.673. The van der Waals surface area contributed by atoms with Gasteiger partial charge in [-0.05, 0) is 56.1 Å². The number of halogens is 1. The Morgan fingerprint density at radius 3 is 3.00 bits per heavy atom. The van der Waals surface area contributed by atoms with Gasteiger partial charge < -0.3 is 15.2 Å². The summed E-state index contributed by atoms with van der Waals surface area (Å²) in [4.78, 5) is 5.33. The van der Waals surface area contributed by atoms with Gasteiger partial charge in [0.1, 0.15) is 12.4 Å². The minimum absolute atomic E-state index is 0.0196. The zero-order valence-corrected chi connectivity index (χ0v) is 16.2. The Bertz CT molecular complexity index is 935. The molecule has 0 aliphatic carbocycles. The van der Waals surface area contributed by atoms with E-state index in [1.807, 2.05) is 31.2 Å². The van der Waals surface area contributed by atoms with Crippen LogP contribution in [0, 0.1) is 6.92 Å². The van der Waals surface area contributed by atoms with Crippen LogP contribution in [-0.2, 0) is 6.61 Å². The molecular formula is C20H21ClN2O2S. The van der Waals surface area contributed by atoms with Crippen molar-refractivity contribution in [1.29, 1.82) is 0 Å². The first-order chi connectivity index (χ1) is 12.7. The first-order valence-corrected chi connectivity index (χ1v) is 10.00. The lowest BCUT2D eigenvalue weighted by atomic mass is 10.0. The fourth-order valence-corrected chi connectivity index (χ4v) is 4.76. The van der Waals surface area contributed by atoms with E-state index in [9.17, 15) is 5.11 Å². The third-order valence-electron chi connectivity index (χ3n) is 4.74. The number of aliphatic hydroxyl groups is 1. The highest BCUT2D eigenvalue weighted by Gasteiger charge is 2.19. The van der Waals surface area contributed by atoms with Gasteiger partial charge in [-0.2, -0.15) is 0 Å². The molecule has 0 radical (unpaired) electrons. The number of aryl methyl sites for hydroxylation is 1. The van der Waals surface area contributed by atoms with Crippen LogP contribution < -0.4 is 10.1 Å². The first kappa shape index (κ1) is 17.7. The van der Waals surface area contributed by atoms with Gasteiger partial charge in [-0.25, -0.2) is 0 Å². The normalized spacial score (nSPS) is 17.1. The van der Waals surface area contributed by atoms with Crippen molar-refractivity contribution in [3.63, 3.8) is 0 Å². The molecule has 6 heteroatoms. The number of pyridine rings is 1. The van der Waals surface area contributed by atoms with Gasteiger partial charge in [-0.15, -0.1) is 11.3 Å². The third-order valence-corrected chi connectivity index (χ3v) is 6.10. The van der Waals surface area contributed by atoms with Crippen molar-refractivity contribution in [2.24, 2.45) is 0 Å². The highest BCUT2D eigenvalue weighted by molar-refractivity contribution is 7.19. The van der Waals surface area contributed by atoms with Crippen molar-refractivity contribution in [1.82, 2.24) is 10.3 Å². The predicted molar refractivity (Wildman–Crippen MR) is 107 cm³/mol. The van der Waals surface area contributed by atoms with Crippen molar-refractivity contribution < 1.29 is 9.84 Å². The summed E-state index contributed by atoms with van der Waals surface area (Å²) in [5.74, 6) is 0.870. The lowest BCUT2D eigenvalue weighted by Crippen LogP contribution is -2.28. The Balaban J connectivity index is 1.78. The van der Waals surface area contributed by atoms with E-state index >= 15 is 0 Å². The molecule has 0 saturated carbocycles. The van der Waals surface area contributed by atoms with Crippen LogP contribution in [0.5, 0.6) is 5.75 Å². The number of thiophene rings is 1. The number of aliphatic hydroxyl groups excluding tert-OH is 1. The van der Waals surface area contributed by atoms with Crippen LogP contribution in [-0.4, -0.2) is 29.3 Å². The van der Waals surface area contributed by atoms with Gasteiger partial charge in [0, 0.05) is 33.3 Å². The molecule has 3 heterocycles. The van der Waals surface area contributed by atoms with E-state index < -0.39 is 0 Å². The monoisotopic (exact) mass is 388 g/mol. The van der Waals surface area contributed by atoms with Crippen LogP contribution in [0.1, 0.15) is 23.3 Å². The molecule has 1 aliphatic rings. The second-order valence-corrected chi connectivity index (χ2v) is 8.22. The molecule has 0 amide bonds. The number of rotatable bonds is 5. The molecule has 4 nitrogen and oxygen atoms in total. The number of nitrogens with one attached hydrogen (secondary N) is 1. The molecule has 1 atom stereocenters. The van der Waals surface area contributed by atoms with Crippen molar-refractivity contribution >= 4 is 33.2 Å². The van der Waals surface area contributed by atoms with E-state index in [0.717, 1.165) is 50.5 Å². The Kier molecular flexibility index (Phi) is 5.14. The van der Waals surface area contributed by atoms with E-state index in [0.29, 0.717) is 17.7 Å². The summed E-state index contributed by atoms with van der Waals surface area (Å²) in [7, 11) is 0. The van der Waals surface area contributed by atoms with E-state index in [1.165, 1.54) is 6.42 Å². The molecule has 26 heavy (non-hydrogen) atoms. The molecule has 0 spiro atoms. The fourth-order valence-electron chi connectivity index (χ4n) is 3.48. The maximum absolute atomic E-state index is 9.48. The lowest BCUT2D eigenvalue weighted by Gasteiger charge is -2.18. The van der Waals surface area contributed by atoms with Gasteiger partial charge in [-0.1, -0.05) is 11.6 Å². The van der Waals surface area contributed by atoms with Crippen LogP contribution >= 0.6 is 22.9 Å². The second kappa shape index (κ2) is 7.53. The number of hydrogen-bond acceptors (Lipinski definition) is 5. The summed E-state index contributed by atoms with van der Waals surface area (Å²) in [5, 5.41) is 13.6. The molecule has 4 rings (SSSR count). The molecular weight excluding hydrogens is 368 g/mol. The van der Waals surface area contributed by atoms with Crippen LogP contribution in [0.3, 0.4) is 0 Å². The highest BCUT2D eigenvalue weighted by Crippen LogP contribution is 2.41. The summed E-state index contributed by atoms with van der Waals surface area (Å²) in [6, 6.07) is 8.22. The molecule has 1 aliphatic heterocycles. The highest BCUT2D eigenvalue weighted by atomic mass is 35.5. The number of fused-ring (bicyclic) bond motifs is 1. The van der Waals surface area contributed by atoms with Gasteiger partial charge in [0.2, 0.25) is 0 Å². The lowest BCUT2D eigenvalue weighted by molar-refractivity contribution is 0.276. The van der Waals surface area contributed by atoms with Gasteiger partial charge in [0.15, 0.2) is 0 Å². The van der Waals surface area contributed by atoms with E-state index in [-0.39, 0.29) is 6.61 Å². The number of aromatic nitrogens is 1. The fraction of sp³-hybridized carbons (Fsp3) is 0.350. The van der Waals surface area contributed by atoms with Crippen molar-refractivity contribution in [2.45, 2.75) is 32.4 Å². The molecule has 2 N–H and O–H groups in total. The first-order valence-electron chi connectivity index (χ1n) is 8.80. The molecule has 136 valence electrons. The molecule has 1 saturated heterocycles. The topological polar surface area (TPSA) is 54.4 Å². The Morgan fingerprint density at radius 1 is 1.35 bits per heavy atom. The van der Waals surface area contributed by atoms with E-state index in [1.54, 1.807) is 17.5 Å². The maximum Gasteiger partial charge on any atom is 0.130 e. The standard InChI is InChI=1S/C20H21ClN2O2S/c1-12-7-13(21)8-17(19(12)25-11-14-3-2-5-22-14)16-4-6-23-18-9-15(10-24)26-20(16)18/h4,6-9,14,22,24H,2-3,5,10-11H2,1H3. The average Bonchev–Trinajstić information content (AvgIpc) is 3.29. The summed E-state index contributed by atoms with van der Waals surface area (Å²) < 4.78 is 7.30. The summed E-state index contributed by atoms with van der Waals surface area (Å²) in [5.41, 5.74) is 3.93. The average molecular weight is 389 g/mol. The summed E-state index contributed by atoms with van der Waals surface area (Å²) in [6.45, 7) is 3.76. The van der Waals surface area contributed by atoms with Crippen LogP contribution in [0.2, 0.25) is 5.02 Å². The van der Waals surface area contributed by atoms with Gasteiger partial charge in [-0.3, -0.25) is 4.98 Å². The Morgan fingerprint density at radius 2 is 2.23 bits per heavy atom. The van der Waals surface area contributed by atoms with Crippen LogP contribution in [0.15, 0.2) is 30.5 Å². The number of ether oxygens (including phenoxy) is 1. The van der Waals surface area contributed by atoms with Crippen LogP contribution in [0.4, 0.5) is 0 Å². The molecule has 2 aromatic heterocycles. The molecule has 1 fully saturated rings. The maximum atomic E-state index is 9.48. The van der Waals surface area contributed by atoms with Gasteiger partial charge >= 0.3 is 0 Å². The second-order valence-electron chi connectivity index (χ2n) is 6.65. The summed E-state index contributed by atoms with van der Waals surface area (Å²) >= 11 is 7.92. The smallest absolute Gasteiger partial charge is 0.130 e. The van der Waals surface area contributed by atoms with Gasteiger partial charge in [0.25, 0.3) is 0 Å². The van der Waals surface area contributed by atoms with Crippen LogP contribution in [0.25, 0.3) is 21.3 Å². The predicted octanol–water partition coefficient (Wildman–Crippen LogP) is 4.55. The molecule has 0 bridgehead atoms. The molecule has 1 aromatic carbocycles. The number of benzene rings is 1. The zero-order chi connectivity index (χ0) is 18.1. The SMILES string of the molecule is Cc1cc(Cl)cc(-c2ccnc3cc(CO)sc23)c1OCC1CCCN1. The third kappa shape index (κ3) is 3.45.